The first-order valence-corrected chi connectivity index (χ1v) is 7.98. The van der Waals surface area contributed by atoms with E-state index in [4.69, 9.17) is 0 Å². The van der Waals surface area contributed by atoms with Crippen LogP contribution in [0.25, 0.3) is 0 Å². The van der Waals surface area contributed by atoms with Crippen LogP contribution in [0, 0.1) is 6.92 Å². The molecule has 7 nitrogen and oxygen atoms in total. The van der Waals surface area contributed by atoms with Crippen molar-refractivity contribution >= 4 is 17.6 Å². The Kier molecular flexibility index (Phi) is 4.31. The summed E-state index contributed by atoms with van der Waals surface area (Å²) in [4.78, 5) is 28.2. The van der Waals surface area contributed by atoms with Gasteiger partial charge in [0, 0.05) is 44.4 Å². The SMILES string of the molecule is Cc1cc(N2CCN(C(=O)C3CCCCC(=O)N3)CC2)n[nH]1. The molecule has 0 bridgehead atoms. The number of nitrogens with one attached hydrogen (secondary N) is 2. The molecule has 22 heavy (non-hydrogen) atoms. The minimum absolute atomic E-state index is 0.00137. The van der Waals surface area contributed by atoms with Crippen molar-refractivity contribution in [3.8, 4) is 0 Å². The summed E-state index contributed by atoms with van der Waals surface area (Å²) >= 11 is 0. The number of carbonyl (C=O) groups is 2. The number of anilines is 1. The number of carbonyl (C=O) groups excluding carboxylic acids is 2. The molecule has 2 aliphatic heterocycles. The number of H-pyrrole nitrogens is 1. The fourth-order valence-corrected chi connectivity index (χ4v) is 3.10. The lowest BCUT2D eigenvalue weighted by Crippen LogP contribution is -2.54. The minimum atomic E-state index is -0.339. The highest BCUT2D eigenvalue weighted by atomic mass is 16.2. The molecule has 2 fully saturated rings. The maximum Gasteiger partial charge on any atom is 0.245 e. The zero-order valence-electron chi connectivity index (χ0n) is 13.0. The number of nitrogens with zero attached hydrogens (tertiary/aromatic N) is 3. The van der Waals surface area contributed by atoms with Crippen molar-refractivity contribution in [3.05, 3.63) is 11.8 Å². The van der Waals surface area contributed by atoms with E-state index in [2.05, 4.69) is 20.4 Å². The molecular formula is C15H23N5O2. The number of aryl methyl sites for hydroxylation is 1. The van der Waals surface area contributed by atoms with Crippen LogP contribution in [0.4, 0.5) is 5.82 Å². The number of rotatable bonds is 2. The Labute approximate surface area is 130 Å². The van der Waals surface area contributed by atoms with E-state index in [1.807, 2.05) is 17.9 Å². The Morgan fingerprint density at radius 2 is 2.05 bits per heavy atom. The van der Waals surface area contributed by atoms with Crippen molar-refractivity contribution in [2.45, 2.75) is 38.6 Å². The summed E-state index contributed by atoms with van der Waals surface area (Å²) in [6.07, 6.45) is 3.10. The summed E-state index contributed by atoms with van der Waals surface area (Å²) in [6.45, 7) is 4.88. The van der Waals surface area contributed by atoms with Gasteiger partial charge in [-0.2, -0.15) is 5.10 Å². The molecule has 1 aromatic heterocycles. The Morgan fingerprint density at radius 3 is 2.73 bits per heavy atom. The number of hydrogen-bond acceptors (Lipinski definition) is 4. The van der Waals surface area contributed by atoms with E-state index in [1.54, 1.807) is 0 Å². The average Bonchev–Trinajstić information content (AvgIpc) is 2.84. The standard InChI is InChI=1S/C15H23N5O2/c1-11-10-13(18-17-11)19-6-8-20(9-7-19)15(22)12-4-2-3-5-14(21)16-12/h10,12H,2-9H2,1H3,(H,16,21)(H,17,18). The molecule has 7 heteroatoms. The fourth-order valence-electron chi connectivity index (χ4n) is 3.10. The molecule has 0 spiro atoms. The van der Waals surface area contributed by atoms with E-state index in [0.717, 1.165) is 43.9 Å². The van der Waals surface area contributed by atoms with E-state index in [1.165, 1.54) is 0 Å². The first-order chi connectivity index (χ1) is 10.6. The third kappa shape index (κ3) is 3.23. The molecule has 3 rings (SSSR count). The van der Waals surface area contributed by atoms with Gasteiger partial charge in [-0.25, -0.2) is 0 Å². The van der Waals surface area contributed by atoms with Crippen molar-refractivity contribution in [1.82, 2.24) is 20.4 Å². The molecule has 0 saturated carbocycles. The molecule has 0 radical (unpaired) electrons. The van der Waals surface area contributed by atoms with E-state index >= 15 is 0 Å². The van der Waals surface area contributed by atoms with Gasteiger partial charge >= 0.3 is 0 Å². The smallest absolute Gasteiger partial charge is 0.245 e. The third-order valence-corrected chi connectivity index (χ3v) is 4.39. The predicted octanol–water partition coefficient (Wildman–Crippen LogP) is 0.426. The maximum absolute atomic E-state index is 12.6. The van der Waals surface area contributed by atoms with E-state index in [0.29, 0.717) is 19.5 Å². The maximum atomic E-state index is 12.6. The number of aromatic amines is 1. The third-order valence-electron chi connectivity index (χ3n) is 4.39. The highest BCUT2D eigenvalue weighted by Crippen LogP contribution is 2.16. The molecule has 120 valence electrons. The molecule has 2 N–H and O–H groups in total. The van der Waals surface area contributed by atoms with Gasteiger partial charge in [0.2, 0.25) is 11.8 Å². The number of piperazine rings is 1. The van der Waals surface area contributed by atoms with Crippen molar-refractivity contribution in [3.63, 3.8) is 0 Å². The zero-order chi connectivity index (χ0) is 15.5. The van der Waals surface area contributed by atoms with Crippen LogP contribution in [0.3, 0.4) is 0 Å². The topological polar surface area (TPSA) is 81.3 Å². The normalized spacial score (nSPS) is 23.1. The van der Waals surface area contributed by atoms with E-state index in [9.17, 15) is 9.59 Å². The van der Waals surface area contributed by atoms with E-state index in [-0.39, 0.29) is 17.9 Å². The largest absolute Gasteiger partial charge is 0.352 e. The van der Waals surface area contributed by atoms with Gasteiger partial charge in [0.15, 0.2) is 5.82 Å². The van der Waals surface area contributed by atoms with Crippen LogP contribution in [0.5, 0.6) is 0 Å². The summed E-state index contributed by atoms with van der Waals surface area (Å²) in [5.41, 5.74) is 1.04. The highest BCUT2D eigenvalue weighted by molar-refractivity contribution is 5.88. The summed E-state index contributed by atoms with van der Waals surface area (Å²) < 4.78 is 0. The molecule has 2 amide bonds. The second kappa shape index (κ2) is 6.37. The Balaban J connectivity index is 1.56. The monoisotopic (exact) mass is 305 g/mol. The second-order valence-electron chi connectivity index (χ2n) is 6.09. The van der Waals surface area contributed by atoms with Crippen molar-refractivity contribution in [1.29, 1.82) is 0 Å². The van der Waals surface area contributed by atoms with Gasteiger partial charge in [0.1, 0.15) is 6.04 Å². The van der Waals surface area contributed by atoms with Gasteiger partial charge in [0.05, 0.1) is 0 Å². The Hall–Kier alpha value is -2.05. The van der Waals surface area contributed by atoms with Gasteiger partial charge in [-0.05, 0) is 19.8 Å². The van der Waals surface area contributed by atoms with Gasteiger partial charge in [0.25, 0.3) is 0 Å². The van der Waals surface area contributed by atoms with Gasteiger partial charge in [-0.15, -0.1) is 0 Å². The molecule has 0 aromatic carbocycles. The highest BCUT2D eigenvalue weighted by Gasteiger charge is 2.29. The van der Waals surface area contributed by atoms with Crippen LogP contribution >= 0.6 is 0 Å². The average molecular weight is 305 g/mol. The quantitative estimate of drug-likeness (QED) is 0.830. The molecule has 1 aromatic rings. The Bertz CT molecular complexity index is 548. The van der Waals surface area contributed by atoms with Crippen LogP contribution < -0.4 is 10.2 Å². The van der Waals surface area contributed by atoms with Crippen molar-refractivity contribution in [2.24, 2.45) is 0 Å². The first kappa shape index (κ1) is 14.9. The van der Waals surface area contributed by atoms with Crippen LogP contribution in [0.1, 0.15) is 31.4 Å². The van der Waals surface area contributed by atoms with Crippen LogP contribution in [-0.2, 0) is 9.59 Å². The van der Waals surface area contributed by atoms with Crippen LogP contribution in [0.15, 0.2) is 6.07 Å². The molecule has 2 aliphatic rings. The summed E-state index contributed by atoms with van der Waals surface area (Å²) in [5.74, 6) is 1.00. The summed E-state index contributed by atoms with van der Waals surface area (Å²) in [6, 6.07) is 1.68. The summed E-state index contributed by atoms with van der Waals surface area (Å²) in [5, 5.41) is 10.1. The number of hydrogen-bond donors (Lipinski definition) is 2. The van der Waals surface area contributed by atoms with Crippen molar-refractivity contribution < 1.29 is 9.59 Å². The fraction of sp³-hybridized carbons (Fsp3) is 0.667. The molecular weight excluding hydrogens is 282 g/mol. The molecule has 0 aliphatic carbocycles. The lowest BCUT2D eigenvalue weighted by Gasteiger charge is -2.36. The number of aromatic nitrogens is 2. The second-order valence-corrected chi connectivity index (χ2v) is 6.09. The predicted molar refractivity (Wildman–Crippen MR) is 82.5 cm³/mol. The Morgan fingerprint density at radius 1 is 1.27 bits per heavy atom. The first-order valence-electron chi connectivity index (χ1n) is 7.98. The van der Waals surface area contributed by atoms with Gasteiger partial charge in [-0.1, -0.05) is 6.42 Å². The van der Waals surface area contributed by atoms with Crippen LogP contribution in [0.2, 0.25) is 0 Å². The number of amides is 2. The van der Waals surface area contributed by atoms with E-state index < -0.39 is 0 Å². The molecule has 1 unspecified atom stereocenters. The lowest BCUT2D eigenvalue weighted by atomic mass is 10.1. The summed E-state index contributed by atoms with van der Waals surface area (Å²) in [7, 11) is 0. The molecule has 2 saturated heterocycles. The molecule has 3 heterocycles. The molecule has 1 atom stereocenters. The van der Waals surface area contributed by atoms with Gasteiger partial charge < -0.3 is 15.1 Å². The van der Waals surface area contributed by atoms with Gasteiger partial charge in [-0.3, -0.25) is 14.7 Å². The van der Waals surface area contributed by atoms with Crippen LogP contribution in [-0.4, -0.2) is 59.1 Å². The minimum Gasteiger partial charge on any atom is -0.352 e. The zero-order valence-corrected chi connectivity index (χ0v) is 13.0. The van der Waals surface area contributed by atoms with Crippen molar-refractivity contribution in [2.75, 3.05) is 31.1 Å². The lowest BCUT2D eigenvalue weighted by molar-refractivity contribution is -0.136.